The maximum Gasteiger partial charge on any atom is 0.417 e. The Labute approximate surface area is 166 Å². The first kappa shape index (κ1) is 19.8. The standard InChI is InChI=1S/C20H22F3N3O3/c1-13(16-3-4-17-19(25-16)28-11-10-27-17)26-8-6-15(7-9-26)29-18-5-2-14(12-24-18)20(21,22)23/h2-5,12-13,15H,6-11H2,1H3. The van der Waals surface area contributed by atoms with Crippen LogP contribution in [0.3, 0.4) is 0 Å². The van der Waals surface area contributed by atoms with Gasteiger partial charge in [0.1, 0.15) is 19.3 Å². The first-order valence-electron chi connectivity index (χ1n) is 9.60. The molecule has 0 aromatic carbocycles. The molecule has 6 nitrogen and oxygen atoms in total. The van der Waals surface area contributed by atoms with Crippen molar-refractivity contribution in [1.82, 2.24) is 14.9 Å². The molecule has 2 aromatic rings. The largest absolute Gasteiger partial charge is 0.484 e. The number of fused-ring (bicyclic) bond motifs is 1. The second-order valence-corrected chi connectivity index (χ2v) is 7.15. The van der Waals surface area contributed by atoms with E-state index in [9.17, 15) is 13.2 Å². The molecule has 0 N–H and O–H groups in total. The Bertz CT molecular complexity index is 837. The molecule has 4 rings (SSSR count). The van der Waals surface area contributed by atoms with E-state index >= 15 is 0 Å². The fraction of sp³-hybridized carbons (Fsp3) is 0.500. The van der Waals surface area contributed by atoms with Gasteiger partial charge in [-0.15, -0.1) is 0 Å². The molecular weight excluding hydrogens is 387 g/mol. The highest BCUT2D eigenvalue weighted by atomic mass is 19.4. The molecule has 1 atom stereocenters. The van der Waals surface area contributed by atoms with Crippen LogP contribution in [0.2, 0.25) is 0 Å². The van der Waals surface area contributed by atoms with Crippen molar-refractivity contribution in [3.63, 3.8) is 0 Å². The number of likely N-dealkylation sites (tertiary alicyclic amines) is 1. The van der Waals surface area contributed by atoms with Crippen molar-refractivity contribution in [1.29, 1.82) is 0 Å². The van der Waals surface area contributed by atoms with Crippen molar-refractivity contribution < 1.29 is 27.4 Å². The van der Waals surface area contributed by atoms with E-state index in [0.29, 0.717) is 24.8 Å². The molecule has 2 aliphatic rings. The van der Waals surface area contributed by atoms with Gasteiger partial charge in [0.25, 0.3) is 5.88 Å². The maximum atomic E-state index is 12.6. The van der Waals surface area contributed by atoms with Gasteiger partial charge in [-0.25, -0.2) is 9.97 Å². The van der Waals surface area contributed by atoms with E-state index in [1.165, 1.54) is 6.07 Å². The molecule has 1 fully saturated rings. The Morgan fingerprint density at radius 2 is 1.86 bits per heavy atom. The zero-order chi connectivity index (χ0) is 20.4. The van der Waals surface area contributed by atoms with Gasteiger partial charge in [0.15, 0.2) is 5.75 Å². The van der Waals surface area contributed by atoms with E-state index in [-0.39, 0.29) is 18.0 Å². The van der Waals surface area contributed by atoms with Gasteiger partial charge >= 0.3 is 6.18 Å². The van der Waals surface area contributed by atoms with Crippen molar-refractivity contribution in [2.24, 2.45) is 0 Å². The average molecular weight is 409 g/mol. The Hall–Kier alpha value is -2.55. The summed E-state index contributed by atoms with van der Waals surface area (Å²) in [5.74, 6) is 1.42. The van der Waals surface area contributed by atoms with E-state index < -0.39 is 11.7 Å². The number of alkyl halides is 3. The van der Waals surface area contributed by atoms with Gasteiger partial charge in [0, 0.05) is 31.4 Å². The van der Waals surface area contributed by atoms with Crippen LogP contribution in [0.15, 0.2) is 30.5 Å². The molecule has 0 bridgehead atoms. The molecule has 9 heteroatoms. The number of nitrogens with zero attached hydrogens (tertiary/aromatic N) is 3. The number of hydrogen-bond acceptors (Lipinski definition) is 6. The van der Waals surface area contributed by atoms with Crippen LogP contribution in [0.5, 0.6) is 17.5 Å². The zero-order valence-electron chi connectivity index (χ0n) is 16.0. The summed E-state index contributed by atoms with van der Waals surface area (Å²) < 4.78 is 54.7. The highest BCUT2D eigenvalue weighted by molar-refractivity contribution is 5.36. The molecule has 29 heavy (non-hydrogen) atoms. The summed E-state index contributed by atoms with van der Waals surface area (Å²) in [4.78, 5) is 10.7. The normalized spacial score (nSPS) is 19.0. The summed E-state index contributed by atoms with van der Waals surface area (Å²) in [7, 11) is 0. The number of rotatable bonds is 4. The summed E-state index contributed by atoms with van der Waals surface area (Å²) >= 11 is 0. The Kier molecular flexibility index (Phi) is 5.49. The average Bonchev–Trinajstić information content (AvgIpc) is 2.73. The predicted octanol–water partition coefficient (Wildman–Crippen LogP) is 3.87. The van der Waals surface area contributed by atoms with Crippen LogP contribution in [-0.4, -0.2) is 47.3 Å². The SMILES string of the molecule is CC(c1ccc2c(n1)OCCO2)N1CCC(Oc2ccc(C(F)(F)F)cn2)CC1. The van der Waals surface area contributed by atoms with E-state index in [1.807, 2.05) is 12.1 Å². The minimum absolute atomic E-state index is 0.0732. The highest BCUT2D eigenvalue weighted by Crippen LogP contribution is 2.32. The lowest BCUT2D eigenvalue weighted by molar-refractivity contribution is -0.137. The zero-order valence-corrected chi connectivity index (χ0v) is 16.0. The van der Waals surface area contributed by atoms with Crippen molar-refractivity contribution in [2.75, 3.05) is 26.3 Å². The van der Waals surface area contributed by atoms with Crippen molar-refractivity contribution in [3.05, 3.63) is 41.7 Å². The molecule has 2 aromatic heterocycles. The minimum atomic E-state index is -4.39. The first-order chi connectivity index (χ1) is 13.9. The lowest BCUT2D eigenvalue weighted by Gasteiger charge is -2.35. The van der Waals surface area contributed by atoms with Crippen LogP contribution in [0.1, 0.15) is 37.1 Å². The molecule has 156 valence electrons. The number of hydrogen-bond donors (Lipinski definition) is 0. The molecule has 0 saturated carbocycles. The second kappa shape index (κ2) is 8.06. The van der Waals surface area contributed by atoms with Crippen LogP contribution >= 0.6 is 0 Å². The van der Waals surface area contributed by atoms with Crippen molar-refractivity contribution in [3.8, 4) is 17.5 Å². The summed E-state index contributed by atoms with van der Waals surface area (Å²) in [6.45, 7) is 4.71. The van der Waals surface area contributed by atoms with Crippen LogP contribution in [0.25, 0.3) is 0 Å². The molecule has 1 unspecified atom stereocenters. The van der Waals surface area contributed by atoms with E-state index in [4.69, 9.17) is 14.2 Å². The summed E-state index contributed by atoms with van der Waals surface area (Å²) in [5.41, 5.74) is 0.137. The number of ether oxygens (including phenoxy) is 3. The van der Waals surface area contributed by atoms with Crippen molar-refractivity contribution in [2.45, 2.75) is 38.1 Å². The minimum Gasteiger partial charge on any atom is -0.484 e. The summed E-state index contributed by atoms with van der Waals surface area (Å²) in [6, 6.07) is 6.21. The predicted molar refractivity (Wildman–Crippen MR) is 98.1 cm³/mol. The highest BCUT2D eigenvalue weighted by Gasteiger charge is 2.31. The fourth-order valence-electron chi connectivity index (χ4n) is 3.53. The number of piperidine rings is 1. The van der Waals surface area contributed by atoms with Crippen LogP contribution < -0.4 is 14.2 Å². The quantitative estimate of drug-likeness (QED) is 0.764. The number of halogens is 3. The van der Waals surface area contributed by atoms with E-state index in [2.05, 4.69) is 21.8 Å². The van der Waals surface area contributed by atoms with E-state index in [1.54, 1.807) is 0 Å². The summed E-state index contributed by atoms with van der Waals surface area (Å²) in [6.07, 6.45) is -2.14. The van der Waals surface area contributed by atoms with Gasteiger partial charge in [0.05, 0.1) is 11.3 Å². The Morgan fingerprint density at radius 1 is 1.10 bits per heavy atom. The third-order valence-electron chi connectivity index (χ3n) is 5.23. The number of pyridine rings is 2. The van der Waals surface area contributed by atoms with Gasteiger partial charge in [0.2, 0.25) is 5.88 Å². The molecule has 4 heterocycles. The van der Waals surface area contributed by atoms with E-state index in [0.717, 1.165) is 43.9 Å². The van der Waals surface area contributed by atoms with Gasteiger partial charge in [-0.2, -0.15) is 13.2 Å². The smallest absolute Gasteiger partial charge is 0.417 e. The van der Waals surface area contributed by atoms with Gasteiger partial charge < -0.3 is 14.2 Å². The van der Waals surface area contributed by atoms with Gasteiger partial charge in [-0.1, -0.05) is 0 Å². The van der Waals surface area contributed by atoms with Gasteiger partial charge in [-0.05, 0) is 38.0 Å². The lowest BCUT2D eigenvalue weighted by Crippen LogP contribution is -2.40. The Balaban J connectivity index is 1.32. The van der Waals surface area contributed by atoms with Crippen LogP contribution in [-0.2, 0) is 6.18 Å². The van der Waals surface area contributed by atoms with Crippen molar-refractivity contribution >= 4 is 0 Å². The van der Waals surface area contributed by atoms with Crippen LogP contribution in [0.4, 0.5) is 13.2 Å². The van der Waals surface area contributed by atoms with Gasteiger partial charge in [-0.3, -0.25) is 4.90 Å². The Morgan fingerprint density at radius 3 is 2.55 bits per heavy atom. The van der Waals surface area contributed by atoms with Crippen LogP contribution in [0, 0.1) is 0 Å². The third-order valence-corrected chi connectivity index (χ3v) is 5.23. The monoisotopic (exact) mass is 409 g/mol. The summed E-state index contributed by atoms with van der Waals surface area (Å²) in [5, 5.41) is 0. The first-order valence-corrected chi connectivity index (χ1v) is 9.60. The molecular formula is C20H22F3N3O3. The topological polar surface area (TPSA) is 56.7 Å². The molecule has 0 spiro atoms. The fourth-order valence-corrected chi connectivity index (χ4v) is 3.53. The molecule has 0 aliphatic carbocycles. The maximum absolute atomic E-state index is 12.6. The molecule has 2 aliphatic heterocycles. The number of aromatic nitrogens is 2. The second-order valence-electron chi connectivity index (χ2n) is 7.15. The molecule has 0 amide bonds. The third kappa shape index (κ3) is 4.55. The molecule has 0 radical (unpaired) electrons. The molecule has 1 saturated heterocycles. The lowest BCUT2D eigenvalue weighted by atomic mass is 10.0.